The van der Waals surface area contributed by atoms with Crippen molar-refractivity contribution in [2.75, 3.05) is 11.9 Å². The number of aromatic nitrogens is 4. The zero-order chi connectivity index (χ0) is 23.8. The highest BCUT2D eigenvalue weighted by Crippen LogP contribution is 2.39. The van der Waals surface area contributed by atoms with E-state index in [0.717, 1.165) is 52.9 Å². The lowest BCUT2D eigenvalue weighted by molar-refractivity contribution is -0.127. The molecule has 7 heteroatoms. The van der Waals surface area contributed by atoms with Crippen LogP contribution in [0.5, 0.6) is 0 Å². The standard InChI is InChI=1S/C26H32BrN5O/c1-6-26(4)12-8-9-17(2)18(3)22-21(31(5)24(26)33)16-29-25(30-22)32-14-13-28-23(32)19-10-7-11-20(27)15-19/h7,10-11,13-18H,6,8-9,12H2,1-5H3. The van der Waals surface area contributed by atoms with Gasteiger partial charge in [-0.25, -0.2) is 15.0 Å². The van der Waals surface area contributed by atoms with Crippen molar-refractivity contribution in [1.29, 1.82) is 0 Å². The number of amides is 1. The molecule has 0 radical (unpaired) electrons. The van der Waals surface area contributed by atoms with Crippen LogP contribution in [0, 0.1) is 11.3 Å². The van der Waals surface area contributed by atoms with Gasteiger partial charge in [0.05, 0.1) is 17.6 Å². The first kappa shape index (κ1) is 23.6. The number of rotatable bonds is 3. The zero-order valence-electron chi connectivity index (χ0n) is 20.0. The van der Waals surface area contributed by atoms with Crippen LogP contribution in [0.15, 0.2) is 47.3 Å². The Morgan fingerprint density at radius 2 is 2.03 bits per heavy atom. The van der Waals surface area contributed by atoms with Crippen LogP contribution in [0.25, 0.3) is 17.3 Å². The molecule has 0 N–H and O–H groups in total. The molecule has 3 unspecified atom stereocenters. The minimum absolute atomic E-state index is 0.141. The van der Waals surface area contributed by atoms with Crippen LogP contribution < -0.4 is 4.90 Å². The van der Waals surface area contributed by atoms with Crippen LogP contribution in [0.1, 0.15) is 65.0 Å². The molecular formula is C26H32BrN5O. The van der Waals surface area contributed by atoms with Gasteiger partial charge in [0.25, 0.3) is 0 Å². The molecule has 0 aliphatic carbocycles. The summed E-state index contributed by atoms with van der Waals surface area (Å²) in [6.45, 7) is 8.69. The summed E-state index contributed by atoms with van der Waals surface area (Å²) in [7, 11) is 1.86. The summed E-state index contributed by atoms with van der Waals surface area (Å²) in [6, 6.07) is 8.03. The van der Waals surface area contributed by atoms with Crippen LogP contribution in [0.2, 0.25) is 0 Å². The van der Waals surface area contributed by atoms with Gasteiger partial charge in [-0.1, -0.05) is 68.6 Å². The highest BCUT2D eigenvalue weighted by Gasteiger charge is 2.37. The molecule has 1 aromatic carbocycles. The van der Waals surface area contributed by atoms with Crippen LogP contribution in [0.3, 0.4) is 0 Å². The molecule has 0 saturated heterocycles. The lowest BCUT2D eigenvalue weighted by atomic mass is 9.77. The maximum Gasteiger partial charge on any atom is 0.235 e. The molecule has 6 nitrogen and oxygen atoms in total. The second-order valence-corrected chi connectivity index (χ2v) is 10.4. The molecule has 1 aliphatic rings. The van der Waals surface area contributed by atoms with Crippen LogP contribution in [-0.2, 0) is 4.79 Å². The van der Waals surface area contributed by atoms with Gasteiger partial charge in [0, 0.05) is 40.8 Å². The summed E-state index contributed by atoms with van der Waals surface area (Å²) in [4.78, 5) is 29.6. The molecule has 0 saturated carbocycles. The molecule has 33 heavy (non-hydrogen) atoms. The molecule has 1 aliphatic heterocycles. The summed E-state index contributed by atoms with van der Waals surface area (Å²) < 4.78 is 2.90. The van der Waals surface area contributed by atoms with Crippen molar-refractivity contribution in [1.82, 2.24) is 19.5 Å². The number of halogens is 1. The maximum atomic E-state index is 13.5. The Kier molecular flexibility index (Phi) is 6.71. The van der Waals surface area contributed by atoms with E-state index in [9.17, 15) is 4.79 Å². The van der Waals surface area contributed by atoms with Crippen molar-refractivity contribution in [2.24, 2.45) is 11.3 Å². The SMILES string of the molecule is CCC1(C)CCCC(C)C(C)c2nc(-n3ccnc3-c3cccc(Br)c3)ncc2N(C)C1=O. The van der Waals surface area contributed by atoms with Crippen molar-refractivity contribution in [3.63, 3.8) is 0 Å². The van der Waals surface area contributed by atoms with E-state index in [2.05, 4.69) is 48.6 Å². The highest BCUT2D eigenvalue weighted by atomic mass is 79.9. The number of nitrogens with zero attached hydrogens (tertiary/aromatic N) is 5. The normalized spacial score (nSPS) is 23.9. The smallest absolute Gasteiger partial charge is 0.235 e. The molecule has 0 spiro atoms. The van der Waals surface area contributed by atoms with Crippen molar-refractivity contribution in [2.45, 2.75) is 59.3 Å². The van der Waals surface area contributed by atoms with Crippen LogP contribution >= 0.6 is 15.9 Å². The largest absolute Gasteiger partial charge is 0.312 e. The summed E-state index contributed by atoms with van der Waals surface area (Å²) in [5.74, 6) is 2.13. The van der Waals surface area contributed by atoms with E-state index in [1.165, 1.54) is 0 Å². The molecule has 174 valence electrons. The molecule has 0 bridgehead atoms. The average molecular weight is 510 g/mol. The number of anilines is 1. The summed E-state index contributed by atoms with van der Waals surface area (Å²) in [5.41, 5.74) is 2.32. The quantitative estimate of drug-likeness (QED) is 0.409. The van der Waals surface area contributed by atoms with Gasteiger partial charge < -0.3 is 4.90 Å². The Balaban J connectivity index is 1.83. The Hall–Kier alpha value is -2.54. The summed E-state index contributed by atoms with van der Waals surface area (Å²) in [5, 5.41) is 0. The first-order valence-corrected chi connectivity index (χ1v) is 12.5. The number of imidazole rings is 1. The van der Waals surface area contributed by atoms with Gasteiger partial charge in [-0.3, -0.25) is 9.36 Å². The predicted molar refractivity (Wildman–Crippen MR) is 136 cm³/mol. The monoisotopic (exact) mass is 509 g/mol. The van der Waals surface area contributed by atoms with E-state index >= 15 is 0 Å². The van der Waals surface area contributed by atoms with E-state index in [0.29, 0.717) is 11.9 Å². The number of fused-ring (bicyclic) bond motifs is 1. The minimum atomic E-state index is -0.372. The number of hydrogen-bond donors (Lipinski definition) is 0. The number of carbonyl (C=O) groups excluding carboxylic acids is 1. The second-order valence-electron chi connectivity index (χ2n) is 9.51. The average Bonchev–Trinajstić information content (AvgIpc) is 3.31. The van der Waals surface area contributed by atoms with Gasteiger partial charge in [0.15, 0.2) is 0 Å². The molecule has 3 atom stereocenters. The van der Waals surface area contributed by atoms with Crippen molar-refractivity contribution in [3.8, 4) is 17.3 Å². The van der Waals surface area contributed by atoms with Crippen LogP contribution in [-0.4, -0.2) is 32.5 Å². The third-order valence-corrected chi connectivity index (χ3v) is 7.85. The van der Waals surface area contributed by atoms with Gasteiger partial charge in [0.1, 0.15) is 5.82 Å². The number of hydrogen-bond acceptors (Lipinski definition) is 4. The summed E-state index contributed by atoms with van der Waals surface area (Å²) >= 11 is 3.54. The molecule has 3 heterocycles. The molecule has 3 aromatic rings. The first-order valence-electron chi connectivity index (χ1n) is 11.7. The van der Waals surface area contributed by atoms with E-state index < -0.39 is 0 Å². The van der Waals surface area contributed by atoms with Gasteiger partial charge >= 0.3 is 0 Å². The second kappa shape index (κ2) is 9.37. The topological polar surface area (TPSA) is 63.9 Å². The molecule has 4 rings (SSSR count). The van der Waals surface area contributed by atoms with Gasteiger partial charge in [-0.2, -0.15) is 0 Å². The fraction of sp³-hybridized carbons (Fsp3) is 0.462. The molecular weight excluding hydrogens is 478 g/mol. The lowest BCUT2D eigenvalue weighted by Crippen LogP contribution is -2.41. The van der Waals surface area contributed by atoms with Gasteiger partial charge in [-0.15, -0.1) is 0 Å². The molecule has 0 fully saturated rings. The fourth-order valence-corrected chi connectivity index (χ4v) is 5.08. The Morgan fingerprint density at radius 3 is 2.76 bits per heavy atom. The Morgan fingerprint density at radius 1 is 1.24 bits per heavy atom. The third kappa shape index (κ3) is 4.47. The lowest BCUT2D eigenvalue weighted by Gasteiger charge is -2.35. The van der Waals surface area contributed by atoms with Gasteiger partial charge in [-0.05, 0) is 30.9 Å². The predicted octanol–water partition coefficient (Wildman–Crippen LogP) is 6.39. The zero-order valence-corrected chi connectivity index (χ0v) is 21.6. The fourth-order valence-electron chi connectivity index (χ4n) is 4.68. The van der Waals surface area contributed by atoms with Crippen LogP contribution in [0.4, 0.5) is 5.69 Å². The van der Waals surface area contributed by atoms with Crippen molar-refractivity contribution in [3.05, 3.63) is 53.0 Å². The Bertz CT molecular complexity index is 1160. The van der Waals surface area contributed by atoms with Crippen molar-refractivity contribution < 1.29 is 4.79 Å². The van der Waals surface area contributed by atoms with E-state index in [-0.39, 0.29) is 17.2 Å². The van der Waals surface area contributed by atoms with E-state index in [1.807, 2.05) is 42.1 Å². The maximum absolute atomic E-state index is 13.5. The van der Waals surface area contributed by atoms with Crippen molar-refractivity contribution >= 4 is 27.5 Å². The van der Waals surface area contributed by atoms with E-state index in [1.54, 1.807) is 17.3 Å². The number of benzene rings is 1. The first-order chi connectivity index (χ1) is 15.7. The number of carbonyl (C=O) groups is 1. The highest BCUT2D eigenvalue weighted by molar-refractivity contribution is 9.10. The minimum Gasteiger partial charge on any atom is -0.312 e. The summed E-state index contributed by atoms with van der Waals surface area (Å²) in [6.07, 6.45) is 9.29. The molecule has 1 amide bonds. The Labute approximate surface area is 204 Å². The van der Waals surface area contributed by atoms with E-state index in [4.69, 9.17) is 9.97 Å². The third-order valence-electron chi connectivity index (χ3n) is 7.36. The molecule has 2 aromatic heterocycles. The van der Waals surface area contributed by atoms with Gasteiger partial charge in [0.2, 0.25) is 11.9 Å².